The molecule has 1 aromatic carbocycles. The third-order valence-corrected chi connectivity index (χ3v) is 4.30. The molecule has 2 bridgehead atoms. The van der Waals surface area contributed by atoms with Crippen molar-refractivity contribution in [3.63, 3.8) is 0 Å². The van der Waals surface area contributed by atoms with Gasteiger partial charge in [0.15, 0.2) is 0 Å². The van der Waals surface area contributed by atoms with Crippen LogP contribution in [0.4, 0.5) is 5.69 Å². The van der Waals surface area contributed by atoms with Crippen molar-refractivity contribution in [3.05, 3.63) is 29.8 Å². The van der Waals surface area contributed by atoms with Crippen LogP contribution in [0.2, 0.25) is 0 Å². The van der Waals surface area contributed by atoms with E-state index in [4.69, 9.17) is 5.73 Å². The first kappa shape index (κ1) is 13.0. The molecular formula is C15H19N3O2. The Morgan fingerprint density at radius 1 is 1.25 bits per heavy atom. The second-order valence-electron chi connectivity index (χ2n) is 5.68. The minimum absolute atomic E-state index is 0.0287. The SMILES string of the molecule is Nc1ccc(C(=O)NCC(=O)N2CC3CCC2C3)cc1. The van der Waals surface area contributed by atoms with Gasteiger partial charge >= 0.3 is 0 Å². The van der Waals surface area contributed by atoms with E-state index in [0.29, 0.717) is 23.2 Å². The zero-order valence-electron chi connectivity index (χ0n) is 11.3. The normalized spacial score (nSPS) is 23.9. The number of likely N-dealkylation sites (tertiary alicyclic amines) is 1. The Morgan fingerprint density at radius 2 is 2.00 bits per heavy atom. The predicted molar refractivity (Wildman–Crippen MR) is 76.0 cm³/mol. The van der Waals surface area contributed by atoms with Gasteiger partial charge in [0.1, 0.15) is 0 Å². The predicted octanol–water partition coefficient (Wildman–Crippen LogP) is 1.01. The van der Waals surface area contributed by atoms with Gasteiger partial charge in [-0.05, 0) is 49.4 Å². The van der Waals surface area contributed by atoms with Crippen molar-refractivity contribution in [1.29, 1.82) is 0 Å². The molecule has 20 heavy (non-hydrogen) atoms. The van der Waals surface area contributed by atoms with Crippen LogP contribution in [0.5, 0.6) is 0 Å². The standard InChI is InChI=1S/C15H19N3O2/c16-12-4-2-11(3-5-12)15(20)17-8-14(19)18-9-10-1-6-13(18)7-10/h2-5,10,13H,1,6-9,16H2,(H,17,20). The van der Waals surface area contributed by atoms with Crippen LogP contribution in [-0.2, 0) is 4.79 Å². The number of anilines is 1. The monoisotopic (exact) mass is 273 g/mol. The summed E-state index contributed by atoms with van der Waals surface area (Å²) in [6.45, 7) is 0.938. The smallest absolute Gasteiger partial charge is 0.251 e. The van der Waals surface area contributed by atoms with E-state index in [1.165, 1.54) is 6.42 Å². The fraction of sp³-hybridized carbons (Fsp3) is 0.467. The van der Waals surface area contributed by atoms with Gasteiger partial charge in [0, 0.05) is 23.8 Å². The summed E-state index contributed by atoms with van der Waals surface area (Å²) in [5, 5.41) is 2.68. The number of nitrogen functional groups attached to an aromatic ring is 1. The first-order chi connectivity index (χ1) is 9.63. The van der Waals surface area contributed by atoms with E-state index in [2.05, 4.69) is 5.32 Å². The van der Waals surface area contributed by atoms with Crippen LogP contribution in [0.25, 0.3) is 0 Å². The second kappa shape index (κ2) is 5.15. The Balaban J connectivity index is 1.53. The number of amides is 2. The van der Waals surface area contributed by atoms with Crippen LogP contribution >= 0.6 is 0 Å². The minimum atomic E-state index is -0.234. The van der Waals surface area contributed by atoms with Gasteiger partial charge in [-0.3, -0.25) is 9.59 Å². The van der Waals surface area contributed by atoms with Crippen molar-refractivity contribution in [2.45, 2.75) is 25.3 Å². The Labute approximate surface area is 118 Å². The lowest BCUT2D eigenvalue weighted by molar-refractivity contribution is -0.131. The number of hydrogen-bond acceptors (Lipinski definition) is 3. The summed E-state index contributed by atoms with van der Waals surface area (Å²) < 4.78 is 0. The van der Waals surface area contributed by atoms with Crippen molar-refractivity contribution < 1.29 is 9.59 Å². The third kappa shape index (κ3) is 2.48. The number of rotatable bonds is 3. The molecule has 0 radical (unpaired) electrons. The molecule has 2 unspecified atom stereocenters. The number of fused-ring (bicyclic) bond motifs is 2. The molecule has 1 heterocycles. The number of nitrogens with zero attached hydrogens (tertiary/aromatic N) is 1. The van der Waals surface area contributed by atoms with Gasteiger partial charge in [-0.25, -0.2) is 0 Å². The molecule has 2 aliphatic rings. The molecule has 3 N–H and O–H groups in total. The maximum Gasteiger partial charge on any atom is 0.251 e. The molecule has 1 saturated heterocycles. The van der Waals surface area contributed by atoms with Crippen molar-refractivity contribution in [2.75, 3.05) is 18.8 Å². The maximum atomic E-state index is 12.1. The molecule has 2 amide bonds. The summed E-state index contributed by atoms with van der Waals surface area (Å²) >= 11 is 0. The molecule has 5 nitrogen and oxygen atoms in total. The average Bonchev–Trinajstić information content (AvgIpc) is 3.08. The van der Waals surface area contributed by atoms with Gasteiger partial charge in [0.2, 0.25) is 5.91 Å². The van der Waals surface area contributed by atoms with E-state index < -0.39 is 0 Å². The topological polar surface area (TPSA) is 75.4 Å². The number of benzene rings is 1. The molecular weight excluding hydrogens is 254 g/mol. The number of nitrogens with two attached hydrogens (primary N) is 1. The first-order valence-electron chi connectivity index (χ1n) is 7.06. The summed E-state index contributed by atoms with van der Waals surface area (Å²) in [6, 6.07) is 7.08. The zero-order chi connectivity index (χ0) is 14.1. The highest BCUT2D eigenvalue weighted by Crippen LogP contribution is 2.37. The summed E-state index contributed by atoms with van der Waals surface area (Å²) in [5.74, 6) is 0.473. The Kier molecular flexibility index (Phi) is 3.34. The van der Waals surface area contributed by atoms with Gasteiger partial charge in [0.25, 0.3) is 5.91 Å². The van der Waals surface area contributed by atoms with E-state index in [-0.39, 0.29) is 18.4 Å². The zero-order valence-corrected chi connectivity index (χ0v) is 11.3. The Hall–Kier alpha value is -2.04. The largest absolute Gasteiger partial charge is 0.399 e. The van der Waals surface area contributed by atoms with Gasteiger partial charge in [-0.2, -0.15) is 0 Å². The van der Waals surface area contributed by atoms with Crippen molar-refractivity contribution in [3.8, 4) is 0 Å². The van der Waals surface area contributed by atoms with E-state index in [1.807, 2.05) is 4.90 Å². The summed E-state index contributed by atoms with van der Waals surface area (Å²) in [5.41, 5.74) is 6.71. The van der Waals surface area contributed by atoms with Gasteiger partial charge in [-0.15, -0.1) is 0 Å². The summed E-state index contributed by atoms with van der Waals surface area (Å²) in [7, 11) is 0. The highest BCUT2D eigenvalue weighted by molar-refractivity contribution is 5.96. The quantitative estimate of drug-likeness (QED) is 0.807. The number of hydrogen-bond donors (Lipinski definition) is 2. The molecule has 2 fully saturated rings. The van der Waals surface area contributed by atoms with Crippen molar-refractivity contribution in [2.24, 2.45) is 5.92 Å². The van der Waals surface area contributed by atoms with Crippen LogP contribution in [-0.4, -0.2) is 35.8 Å². The number of nitrogens with one attached hydrogen (secondary N) is 1. The maximum absolute atomic E-state index is 12.1. The molecule has 1 aromatic rings. The molecule has 2 atom stereocenters. The van der Waals surface area contributed by atoms with E-state index >= 15 is 0 Å². The number of carbonyl (C=O) groups is 2. The lowest BCUT2D eigenvalue weighted by Crippen LogP contribution is -2.43. The van der Waals surface area contributed by atoms with Crippen molar-refractivity contribution >= 4 is 17.5 Å². The van der Waals surface area contributed by atoms with Crippen LogP contribution in [0.15, 0.2) is 24.3 Å². The highest BCUT2D eigenvalue weighted by Gasteiger charge is 2.39. The molecule has 1 aliphatic heterocycles. The van der Waals surface area contributed by atoms with E-state index in [9.17, 15) is 9.59 Å². The number of piperidine rings is 1. The van der Waals surface area contributed by atoms with E-state index in [0.717, 1.165) is 19.4 Å². The molecule has 3 rings (SSSR count). The molecule has 0 spiro atoms. The van der Waals surface area contributed by atoms with Gasteiger partial charge in [-0.1, -0.05) is 0 Å². The van der Waals surface area contributed by atoms with Crippen LogP contribution in [0.1, 0.15) is 29.6 Å². The third-order valence-electron chi connectivity index (χ3n) is 4.30. The van der Waals surface area contributed by atoms with Crippen LogP contribution in [0, 0.1) is 5.92 Å². The Bertz CT molecular complexity index is 526. The Morgan fingerprint density at radius 3 is 2.60 bits per heavy atom. The number of carbonyl (C=O) groups excluding carboxylic acids is 2. The van der Waals surface area contributed by atoms with Crippen LogP contribution < -0.4 is 11.1 Å². The van der Waals surface area contributed by atoms with Crippen LogP contribution in [0.3, 0.4) is 0 Å². The second-order valence-corrected chi connectivity index (χ2v) is 5.68. The lowest BCUT2D eigenvalue weighted by atomic mass is 10.1. The fourth-order valence-electron chi connectivity index (χ4n) is 3.22. The van der Waals surface area contributed by atoms with Gasteiger partial charge < -0.3 is 16.0 Å². The molecule has 106 valence electrons. The minimum Gasteiger partial charge on any atom is -0.399 e. The molecule has 5 heteroatoms. The fourth-order valence-corrected chi connectivity index (χ4v) is 3.22. The average molecular weight is 273 g/mol. The van der Waals surface area contributed by atoms with Gasteiger partial charge in [0.05, 0.1) is 6.54 Å². The lowest BCUT2D eigenvalue weighted by Gasteiger charge is -2.27. The summed E-state index contributed by atoms with van der Waals surface area (Å²) in [6.07, 6.45) is 3.49. The molecule has 0 aromatic heterocycles. The molecule has 1 aliphatic carbocycles. The molecule has 1 saturated carbocycles. The van der Waals surface area contributed by atoms with Crippen molar-refractivity contribution in [1.82, 2.24) is 10.2 Å². The van der Waals surface area contributed by atoms with E-state index in [1.54, 1.807) is 24.3 Å². The summed E-state index contributed by atoms with van der Waals surface area (Å²) in [4.78, 5) is 26.0. The highest BCUT2D eigenvalue weighted by atomic mass is 16.2. The first-order valence-corrected chi connectivity index (χ1v) is 7.06.